The summed E-state index contributed by atoms with van der Waals surface area (Å²) in [5, 5.41) is 8.28. The minimum absolute atomic E-state index is 0.0346. The van der Waals surface area contributed by atoms with Crippen molar-refractivity contribution in [2.24, 2.45) is 4.99 Å². The van der Waals surface area contributed by atoms with E-state index < -0.39 is 29.6 Å². The maximum Gasteiger partial charge on any atom is 0.452 e. The van der Waals surface area contributed by atoms with Crippen molar-refractivity contribution in [1.29, 1.82) is 0 Å². The summed E-state index contributed by atoms with van der Waals surface area (Å²) < 4.78 is 48.4. The number of aromatic nitrogens is 3. The minimum Gasteiger partial charge on any atom is -0.460 e. The Hall–Kier alpha value is -2.72. The van der Waals surface area contributed by atoms with Gasteiger partial charge in [-0.1, -0.05) is 23.7 Å². The lowest BCUT2D eigenvalue weighted by Gasteiger charge is -2.20. The highest BCUT2D eigenvalue weighted by atomic mass is 35.5. The highest BCUT2D eigenvalue weighted by molar-refractivity contribution is 7.15. The van der Waals surface area contributed by atoms with Gasteiger partial charge in [-0.05, 0) is 58.7 Å². The number of rotatable bonds is 4. The molecule has 1 aromatic carbocycles. The summed E-state index contributed by atoms with van der Waals surface area (Å²) in [4.78, 5) is 18.1. The number of fused-ring (bicyclic) bond motifs is 3. The summed E-state index contributed by atoms with van der Waals surface area (Å²) in [5.41, 5.74) is 1.94. The van der Waals surface area contributed by atoms with Gasteiger partial charge in [-0.2, -0.15) is 13.2 Å². The van der Waals surface area contributed by atoms with Crippen molar-refractivity contribution >= 4 is 34.6 Å². The molecule has 11 heteroatoms. The van der Waals surface area contributed by atoms with Crippen LogP contribution in [0.4, 0.5) is 13.2 Å². The Bertz CT molecular complexity index is 1300. The number of aryl methyl sites for hydroxylation is 1. The van der Waals surface area contributed by atoms with E-state index in [0.717, 1.165) is 15.0 Å². The number of esters is 1. The highest BCUT2D eigenvalue weighted by Crippen LogP contribution is 2.42. The number of aliphatic imine (C=N–C) groups is 1. The van der Waals surface area contributed by atoms with E-state index in [1.807, 2.05) is 13.8 Å². The zero-order valence-electron chi connectivity index (χ0n) is 19.8. The lowest BCUT2D eigenvalue weighted by molar-refractivity contribution is -0.155. The van der Waals surface area contributed by atoms with Crippen molar-refractivity contribution in [3.8, 4) is 5.00 Å². The molecule has 35 heavy (non-hydrogen) atoms. The summed E-state index contributed by atoms with van der Waals surface area (Å²) in [5.74, 6) is -1.55. The average Bonchev–Trinajstić information content (AvgIpc) is 3.26. The average molecular weight is 525 g/mol. The molecule has 1 atom stereocenters. The summed E-state index contributed by atoms with van der Waals surface area (Å²) in [6.45, 7) is 8.97. The van der Waals surface area contributed by atoms with Crippen LogP contribution in [0, 0.1) is 13.8 Å². The molecule has 0 unspecified atom stereocenters. The van der Waals surface area contributed by atoms with Crippen molar-refractivity contribution in [2.45, 2.75) is 65.3 Å². The minimum atomic E-state index is -4.73. The molecule has 0 radical (unpaired) electrons. The second-order valence-corrected chi connectivity index (χ2v) is 10.9. The number of alkyl halides is 3. The molecule has 6 nitrogen and oxygen atoms in total. The lowest BCUT2D eigenvalue weighted by atomic mass is 9.99. The number of thiophene rings is 1. The van der Waals surface area contributed by atoms with Crippen molar-refractivity contribution < 1.29 is 22.7 Å². The van der Waals surface area contributed by atoms with Gasteiger partial charge < -0.3 is 4.74 Å². The first-order valence-corrected chi connectivity index (χ1v) is 12.1. The van der Waals surface area contributed by atoms with Crippen LogP contribution < -0.4 is 0 Å². The second-order valence-electron chi connectivity index (χ2n) is 9.30. The quantitative estimate of drug-likeness (QED) is 0.359. The van der Waals surface area contributed by atoms with E-state index in [9.17, 15) is 18.0 Å². The zero-order chi connectivity index (χ0) is 25.7. The summed E-state index contributed by atoms with van der Waals surface area (Å²) in [7, 11) is 0. The number of hydrogen-bond acceptors (Lipinski definition) is 6. The van der Waals surface area contributed by atoms with E-state index in [0.29, 0.717) is 26.9 Å². The Morgan fingerprint density at radius 3 is 2.40 bits per heavy atom. The fraction of sp³-hybridized carbons (Fsp3) is 0.417. The summed E-state index contributed by atoms with van der Waals surface area (Å²) in [6, 6.07) is 6.11. The van der Waals surface area contributed by atoms with Gasteiger partial charge in [0.25, 0.3) is 0 Å². The fourth-order valence-electron chi connectivity index (χ4n) is 3.89. The second kappa shape index (κ2) is 9.05. The molecular formula is C24H24ClF3N4O2S. The van der Waals surface area contributed by atoms with Gasteiger partial charge in [-0.3, -0.25) is 14.4 Å². The molecule has 0 aliphatic carbocycles. The van der Waals surface area contributed by atoms with Crippen LogP contribution in [-0.4, -0.2) is 32.0 Å². The van der Waals surface area contributed by atoms with E-state index >= 15 is 0 Å². The van der Waals surface area contributed by atoms with Crippen molar-refractivity contribution in [1.82, 2.24) is 14.8 Å². The third kappa shape index (κ3) is 5.13. The molecule has 1 aliphatic heterocycles. The molecule has 0 bridgehead atoms. The molecule has 0 spiro atoms. The molecule has 4 rings (SSSR count). The summed E-state index contributed by atoms with van der Waals surface area (Å²) in [6.07, 6.45) is -4.66. The molecule has 3 heterocycles. The first kappa shape index (κ1) is 25.4. The first-order chi connectivity index (χ1) is 16.3. The van der Waals surface area contributed by atoms with Crippen LogP contribution in [0.2, 0.25) is 5.02 Å². The van der Waals surface area contributed by atoms with Crippen LogP contribution in [0.1, 0.15) is 72.9 Å². The van der Waals surface area contributed by atoms with Crippen LogP contribution in [0.25, 0.3) is 5.00 Å². The van der Waals surface area contributed by atoms with Gasteiger partial charge in [0.2, 0.25) is 5.82 Å². The third-order valence-electron chi connectivity index (χ3n) is 5.49. The lowest BCUT2D eigenvalue weighted by Crippen LogP contribution is -2.24. The largest absolute Gasteiger partial charge is 0.460 e. The Balaban J connectivity index is 1.90. The predicted octanol–water partition coefficient (Wildman–Crippen LogP) is 6.63. The number of carbonyl (C=O) groups excluding carboxylic acids is 1. The van der Waals surface area contributed by atoms with E-state index in [4.69, 9.17) is 21.3 Å². The maximum absolute atomic E-state index is 14.0. The molecule has 0 fully saturated rings. The molecule has 0 amide bonds. The summed E-state index contributed by atoms with van der Waals surface area (Å²) >= 11 is 7.30. The van der Waals surface area contributed by atoms with E-state index in [-0.39, 0.29) is 18.7 Å². The Labute approximate surface area is 209 Å². The molecule has 0 saturated heterocycles. The zero-order valence-corrected chi connectivity index (χ0v) is 21.4. The van der Waals surface area contributed by atoms with Gasteiger partial charge in [0.1, 0.15) is 16.6 Å². The molecule has 1 aliphatic rings. The van der Waals surface area contributed by atoms with E-state index in [1.54, 1.807) is 45.0 Å². The molecule has 0 N–H and O–H groups in total. The fourth-order valence-corrected chi connectivity index (χ4v) is 5.18. The van der Waals surface area contributed by atoms with Gasteiger partial charge in [0, 0.05) is 27.4 Å². The maximum atomic E-state index is 14.0. The Kier molecular flexibility index (Phi) is 6.56. The predicted molar refractivity (Wildman–Crippen MR) is 129 cm³/mol. The molecule has 186 valence electrons. The van der Waals surface area contributed by atoms with Gasteiger partial charge >= 0.3 is 12.1 Å². The molecular weight excluding hydrogens is 501 g/mol. The number of benzene rings is 1. The van der Waals surface area contributed by atoms with Crippen molar-refractivity contribution in [3.05, 3.63) is 62.5 Å². The van der Waals surface area contributed by atoms with E-state index in [2.05, 4.69) is 10.2 Å². The van der Waals surface area contributed by atoms with E-state index in [1.165, 1.54) is 11.3 Å². The SMILES string of the molecule is Cc1sc2c(c1C)C(c1ccc(Cl)cc1)=N[C@@H](CCC(=O)OC(C)(C)C)c1nnc(C(F)(F)F)n1-2. The number of nitrogens with zero attached hydrogens (tertiary/aromatic N) is 4. The van der Waals surface area contributed by atoms with Crippen LogP contribution in [0.15, 0.2) is 29.3 Å². The molecule has 2 aromatic heterocycles. The monoisotopic (exact) mass is 524 g/mol. The highest BCUT2D eigenvalue weighted by Gasteiger charge is 2.42. The normalized spacial score (nSPS) is 15.8. The topological polar surface area (TPSA) is 69.4 Å². The first-order valence-electron chi connectivity index (χ1n) is 10.9. The third-order valence-corrected chi connectivity index (χ3v) is 6.94. The van der Waals surface area contributed by atoms with Gasteiger partial charge in [0.15, 0.2) is 5.82 Å². The number of ether oxygens (including phenoxy) is 1. The number of hydrogen-bond donors (Lipinski definition) is 0. The Morgan fingerprint density at radius 1 is 1.14 bits per heavy atom. The standard InChI is InChI=1S/C24H24ClF3N4O2S/c1-12-13(2)35-21-18(12)19(14-6-8-15(25)9-7-14)29-16(10-11-17(33)34-23(3,4)5)20-30-31-22(32(20)21)24(26,27)28/h6-9,16H,10-11H2,1-5H3/t16-/m0/s1. The van der Waals surface area contributed by atoms with Gasteiger partial charge in [0.05, 0.1) is 5.71 Å². The molecule has 0 saturated carbocycles. The molecule has 3 aromatic rings. The number of carbonyl (C=O) groups is 1. The van der Waals surface area contributed by atoms with Crippen LogP contribution in [0.5, 0.6) is 0 Å². The smallest absolute Gasteiger partial charge is 0.452 e. The number of halogens is 4. The van der Waals surface area contributed by atoms with Crippen LogP contribution in [0.3, 0.4) is 0 Å². The van der Waals surface area contributed by atoms with Crippen LogP contribution in [-0.2, 0) is 15.7 Å². The van der Waals surface area contributed by atoms with Crippen molar-refractivity contribution in [3.63, 3.8) is 0 Å². The van der Waals surface area contributed by atoms with Gasteiger partial charge in [-0.15, -0.1) is 21.5 Å². The van der Waals surface area contributed by atoms with Crippen molar-refractivity contribution in [2.75, 3.05) is 0 Å². The Morgan fingerprint density at radius 2 is 1.80 bits per heavy atom. The van der Waals surface area contributed by atoms with Gasteiger partial charge in [-0.25, -0.2) is 0 Å². The van der Waals surface area contributed by atoms with Crippen LogP contribution >= 0.6 is 22.9 Å².